The largest absolute Gasteiger partial charge is 0.270 e. The van der Waals surface area contributed by atoms with Crippen LogP contribution < -0.4 is 0 Å². The first-order valence-electron chi connectivity index (χ1n) is 4.75. The van der Waals surface area contributed by atoms with Gasteiger partial charge in [-0.05, 0) is 24.2 Å². The lowest BCUT2D eigenvalue weighted by molar-refractivity contribution is -0.417. The Morgan fingerprint density at radius 2 is 2.00 bits per heavy atom. The van der Waals surface area contributed by atoms with Crippen LogP contribution in [0.5, 0.6) is 0 Å². The van der Waals surface area contributed by atoms with Crippen molar-refractivity contribution in [2.24, 2.45) is 0 Å². The summed E-state index contributed by atoms with van der Waals surface area (Å²) in [6.45, 7) is 1.98. The fourth-order valence-electron chi connectivity index (χ4n) is 1.13. The van der Waals surface area contributed by atoms with Crippen molar-refractivity contribution in [2.45, 2.75) is 6.92 Å². The topological polar surface area (TPSA) is 43.1 Å². The molecule has 0 heterocycles. The average Bonchev–Trinajstić information content (AvgIpc) is 2.26. The van der Waals surface area contributed by atoms with Crippen molar-refractivity contribution in [1.29, 1.82) is 0 Å². The van der Waals surface area contributed by atoms with E-state index in [0.717, 1.165) is 11.1 Å². The second kappa shape index (κ2) is 6.12. The molecule has 0 fully saturated rings. The maximum absolute atomic E-state index is 10.8. The van der Waals surface area contributed by atoms with Gasteiger partial charge in [0.15, 0.2) is 0 Å². The zero-order chi connectivity index (χ0) is 12.0. The molecular formula is C12H13NO2S. The predicted molar refractivity (Wildman–Crippen MR) is 68.8 cm³/mol. The van der Waals surface area contributed by atoms with Crippen molar-refractivity contribution in [1.82, 2.24) is 0 Å². The molecule has 0 spiro atoms. The van der Waals surface area contributed by atoms with E-state index in [4.69, 9.17) is 0 Å². The van der Waals surface area contributed by atoms with E-state index in [2.05, 4.69) is 0 Å². The van der Waals surface area contributed by atoms with Gasteiger partial charge in [0.1, 0.15) is 0 Å². The van der Waals surface area contributed by atoms with E-state index < -0.39 is 0 Å². The van der Waals surface area contributed by atoms with Crippen molar-refractivity contribution < 1.29 is 4.92 Å². The Morgan fingerprint density at radius 1 is 1.38 bits per heavy atom. The van der Waals surface area contributed by atoms with Gasteiger partial charge in [-0.2, -0.15) is 0 Å². The molecule has 0 bridgehead atoms. The molecule has 0 atom stereocenters. The summed E-state index contributed by atoms with van der Waals surface area (Å²) < 4.78 is 0. The lowest BCUT2D eigenvalue weighted by Crippen LogP contribution is -1.94. The van der Waals surface area contributed by atoms with E-state index in [-0.39, 0.29) is 10.6 Å². The normalized spacial score (nSPS) is 12.0. The van der Waals surface area contributed by atoms with Crippen molar-refractivity contribution in [3.05, 3.63) is 62.7 Å². The standard InChI is InChI=1S/C12H13NO2S/c1-10-3-5-11(6-4-10)9-12(13(14)15)7-8-16-2/h3-9H,1-2H3/b8-7-,12-9+. The Balaban J connectivity index is 2.97. The van der Waals surface area contributed by atoms with Gasteiger partial charge in [0.05, 0.1) is 4.92 Å². The molecule has 1 rings (SSSR count). The minimum absolute atomic E-state index is 0.0956. The minimum Gasteiger partial charge on any atom is -0.258 e. The maximum Gasteiger partial charge on any atom is 0.270 e. The molecule has 0 aliphatic carbocycles. The highest BCUT2D eigenvalue weighted by molar-refractivity contribution is 8.01. The monoisotopic (exact) mass is 235 g/mol. The van der Waals surface area contributed by atoms with Crippen LogP contribution in [0.15, 0.2) is 41.4 Å². The molecule has 1 aromatic rings. The fourth-order valence-corrected chi connectivity index (χ4v) is 1.41. The number of hydrogen-bond donors (Lipinski definition) is 0. The maximum atomic E-state index is 10.8. The predicted octanol–water partition coefficient (Wildman–Crippen LogP) is 3.49. The first-order chi connectivity index (χ1) is 7.63. The van der Waals surface area contributed by atoms with E-state index in [9.17, 15) is 10.1 Å². The van der Waals surface area contributed by atoms with Crippen LogP contribution in [-0.4, -0.2) is 11.2 Å². The Bertz CT molecular complexity index is 421. The van der Waals surface area contributed by atoms with Gasteiger partial charge in [-0.1, -0.05) is 29.8 Å². The van der Waals surface area contributed by atoms with Crippen LogP contribution in [0.2, 0.25) is 0 Å². The number of rotatable bonds is 4. The van der Waals surface area contributed by atoms with Crippen LogP contribution in [0.1, 0.15) is 11.1 Å². The number of allylic oxidation sites excluding steroid dienone is 1. The van der Waals surface area contributed by atoms with E-state index in [1.165, 1.54) is 17.8 Å². The van der Waals surface area contributed by atoms with E-state index in [1.54, 1.807) is 11.5 Å². The molecular weight excluding hydrogens is 222 g/mol. The molecule has 0 saturated heterocycles. The molecule has 0 aliphatic rings. The zero-order valence-electron chi connectivity index (χ0n) is 9.21. The molecule has 0 N–H and O–H groups in total. The molecule has 0 aliphatic heterocycles. The number of thioether (sulfide) groups is 1. The van der Waals surface area contributed by atoms with Gasteiger partial charge in [-0.25, -0.2) is 0 Å². The highest BCUT2D eigenvalue weighted by Gasteiger charge is 2.05. The van der Waals surface area contributed by atoms with Crippen molar-refractivity contribution in [3.63, 3.8) is 0 Å². The number of hydrogen-bond acceptors (Lipinski definition) is 3. The molecule has 0 unspecified atom stereocenters. The van der Waals surface area contributed by atoms with Crippen LogP contribution in [0, 0.1) is 17.0 Å². The third-order valence-corrected chi connectivity index (χ3v) is 2.39. The summed E-state index contributed by atoms with van der Waals surface area (Å²) in [6, 6.07) is 7.60. The second-order valence-electron chi connectivity index (χ2n) is 3.28. The van der Waals surface area contributed by atoms with Gasteiger partial charge >= 0.3 is 0 Å². The molecule has 3 nitrogen and oxygen atoms in total. The van der Waals surface area contributed by atoms with Gasteiger partial charge < -0.3 is 0 Å². The summed E-state index contributed by atoms with van der Waals surface area (Å²) in [5, 5.41) is 12.5. The minimum atomic E-state index is -0.382. The molecule has 4 heteroatoms. The summed E-state index contributed by atoms with van der Waals surface area (Å²) in [5.74, 6) is 0. The van der Waals surface area contributed by atoms with E-state index in [0.29, 0.717) is 0 Å². The number of aryl methyl sites for hydroxylation is 1. The highest BCUT2D eigenvalue weighted by Crippen LogP contribution is 2.11. The molecule has 84 valence electrons. The number of nitrogens with zero attached hydrogens (tertiary/aromatic N) is 1. The Kier molecular flexibility index (Phi) is 4.79. The molecule has 0 aromatic heterocycles. The Labute approximate surface area is 99.0 Å². The highest BCUT2D eigenvalue weighted by atomic mass is 32.2. The van der Waals surface area contributed by atoms with Crippen molar-refractivity contribution >= 4 is 17.8 Å². The molecule has 0 saturated carbocycles. The fraction of sp³-hybridized carbons (Fsp3) is 0.167. The van der Waals surface area contributed by atoms with E-state index in [1.807, 2.05) is 37.4 Å². The van der Waals surface area contributed by atoms with Crippen molar-refractivity contribution in [3.8, 4) is 0 Å². The SMILES string of the molecule is CS/C=C\C(=C/c1ccc(C)cc1)[N+](=O)[O-]. The summed E-state index contributed by atoms with van der Waals surface area (Å²) in [5.41, 5.74) is 2.07. The van der Waals surface area contributed by atoms with Crippen LogP contribution in [0.25, 0.3) is 6.08 Å². The van der Waals surface area contributed by atoms with Gasteiger partial charge in [-0.15, -0.1) is 11.8 Å². The smallest absolute Gasteiger partial charge is 0.258 e. The van der Waals surface area contributed by atoms with E-state index >= 15 is 0 Å². The molecule has 0 amide bonds. The quantitative estimate of drug-likeness (QED) is 0.456. The summed E-state index contributed by atoms with van der Waals surface area (Å²) in [7, 11) is 0. The molecule has 16 heavy (non-hydrogen) atoms. The summed E-state index contributed by atoms with van der Waals surface area (Å²) in [6.07, 6.45) is 4.93. The second-order valence-corrected chi connectivity index (χ2v) is 4.02. The first-order valence-corrected chi connectivity index (χ1v) is 6.04. The Morgan fingerprint density at radius 3 is 2.50 bits per heavy atom. The summed E-state index contributed by atoms with van der Waals surface area (Å²) in [4.78, 5) is 10.4. The van der Waals surface area contributed by atoms with Crippen molar-refractivity contribution in [2.75, 3.05) is 6.26 Å². The summed E-state index contributed by atoms with van der Waals surface area (Å²) >= 11 is 1.43. The van der Waals surface area contributed by atoms with Crippen LogP contribution >= 0.6 is 11.8 Å². The number of benzene rings is 1. The van der Waals surface area contributed by atoms with Gasteiger partial charge in [0.25, 0.3) is 5.70 Å². The lowest BCUT2D eigenvalue weighted by atomic mass is 10.1. The van der Waals surface area contributed by atoms with Gasteiger partial charge in [0, 0.05) is 12.2 Å². The zero-order valence-corrected chi connectivity index (χ0v) is 10.0. The third kappa shape index (κ3) is 3.90. The van der Waals surface area contributed by atoms with Gasteiger partial charge in [0.2, 0.25) is 0 Å². The lowest BCUT2D eigenvalue weighted by Gasteiger charge is -1.95. The average molecular weight is 235 g/mol. The van der Waals surface area contributed by atoms with Gasteiger partial charge in [-0.3, -0.25) is 10.1 Å². The third-order valence-electron chi connectivity index (χ3n) is 1.98. The Hall–Kier alpha value is -1.55. The molecule has 1 aromatic carbocycles. The van der Waals surface area contributed by atoms with Crippen LogP contribution in [-0.2, 0) is 0 Å². The van der Waals surface area contributed by atoms with Crippen LogP contribution in [0.4, 0.5) is 0 Å². The van der Waals surface area contributed by atoms with Crippen LogP contribution in [0.3, 0.4) is 0 Å². The number of nitro groups is 1. The first kappa shape index (κ1) is 12.5. The molecule has 0 radical (unpaired) electrons.